The molecule has 0 radical (unpaired) electrons. The van der Waals surface area contributed by atoms with E-state index in [0.717, 1.165) is 6.42 Å². The molecule has 0 atom stereocenters. The van der Waals surface area contributed by atoms with Crippen molar-refractivity contribution < 1.29 is 13.2 Å². The maximum atomic E-state index is 11.6. The zero-order valence-electron chi connectivity index (χ0n) is 10.4. The van der Waals surface area contributed by atoms with Crippen LogP contribution in [0.1, 0.15) is 25.3 Å². The van der Waals surface area contributed by atoms with Gasteiger partial charge in [-0.1, -0.05) is 19.4 Å². The molecule has 0 heterocycles. The maximum Gasteiger partial charge on any atom is 0.153 e. The van der Waals surface area contributed by atoms with Gasteiger partial charge in [-0.3, -0.25) is 0 Å². The number of benzene rings is 1. The molecule has 1 aromatic rings. The lowest BCUT2D eigenvalue weighted by Crippen LogP contribution is -2.17. The van der Waals surface area contributed by atoms with Gasteiger partial charge in [-0.25, -0.2) is 8.42 Å². The molecule has 0 fully saturated rings. The fourth-order valence-electron chi connectivity index (χ4n) is 1.41. The van der Waals surface area contributed by atoms with Crippen LogP contribution >= 0.6 is 0 Å². The minimum Gasteiger partial charge on any atom is -0.492 e. The van der Waals surface area contributed by atoms with E-state index >= 15 is 0 Å². The summed E-state index contributed by atoms with van der Waals surface area (Å²) in [6, 6.07) is 8.69. The molecular weight excluding hydrogens is 250 g/mol. The van der Waals surface area contributed by atoms with E-state index in [9.17, 15) is 8.42 Å². The normalized spacial score (nSPS) is 10.9. The first-order valence-electron chi connectivity index (χ1n) is 5.91. The van der Waals surface area contributed by atoms with Crippen molar-refractivity contribution in [1.82, 2.24) is 0 Å². The Kier molecular flexibility index (Phi) is 5.66. The number of unbranched alkanes of at least 4 members (excludes halogenated alkanes) is 1. The molecule has 0 aliphatic rings. The zero-order valence-corrected chi connectivity index (χ0v) is 11.2. The van der Waals surface area contributed by atoms with Crippen LogP contribution in [0.3, 0.4) is 0 Å². The van der Waals surface area contributed by atoms with Crippen molar-refractivity contribution in [2.45, 2.75) is 19.8 Å². The van der Waals surface area contributed by atoms with E-state index < -0.39 is 9.84 Å². The predicted octanol–water partition coefficient (Wildman–Crippen LogP) is 2.15. The first-order valence-corrected chi connectivity index (χ1v) is 7.73. The Morgan fingerprint density at radius 3 is 2.78 bits per heavy atom. The highest BCUT2D eigenvalue weighted by Gasteiger charge is 2.10. The highest BCUT2D eigenvalue weighted by molar-refractivity contribution is 7.91. The number of rotatable bonds is 7. The van der Waals surface area contributed by atoms with E-state index in [4.69, 9.17) is 10.00 Å². The van der Waals surface area contributed by atoms with Crippen LogP contribution in [0, 0.1) is 11.3 Å². The summed E-state index contributed by atoms with van der Waals surface area (Å²) >= 11 is 0. The number of nitrogens with zero attached hydrogens (tertiary/aromatic N) is 1. The number of ether oxygens (including phenoxy) is 1. The Balaban J connectivity index is 2.44. The van der Waals surface area contributed by atoms with E-state index in [1.54, 1.807) is 24.3 Å². The van der Waals surface area contributed by atoms with Crippen molar-refractivity contribution in [3.8, 4) is 11.8 Å². The molecule has 0 saturated carbocycles. The molecule has 18 heavy (non-hydrogen) atoms. The van der Waals surface area contributed by atoms with Gasteiger partial charge in [-0.2, -0.15) is 5.26 Å². The Morgan fingerprint density at radius 1 is 1.33 bits per heavy atom. The molecule has 0 aliphatic carbocycles. The van der Waals surface area contributed by atoms with E-state index in [1.807, 2.05) is 13.0 Å². The predicted molar refractivity (Wildman–Crippen MR) is 70.2 cm³/mol. The molecule has 0 aromatic heterocycles. The monoisotopic (exact) mass is 267 g/mol. The lowest BCUT2D eigenvalue weighted by molar-refractivity contribution is 0.340. The molecular formula is C13H17NO3S. The second-order valence-corrected chi connectivity index (χ2v) is 6.30. The molecule has 1 rings (SSSR count). The summed E-state index contributed by atoms with van der Waals surface area (Å²) in [5, 5.41) is 8.71. The summed E-state index contributed by atoms with van der Waals surface area (Å²) in [7, 11) is -3.02. The van der Waals surface area contributed by atoms with Crippen molar-refractivity contribution in [2.75, 3.05) is 18.1 Å². The van der Waals surface area contributed by atoms with Crippen molar-refractivity contribution >= 4 is 9.84 Å². The fourth-order valence-corrected chi connectivity index (χ4v) is 2.68. The number of hydrogen-bond donors (Lipinski definition) is 0. The summed E-state index contributed by atoms with van der Waals surface area (Å²) in [5.41, 5.74) is 0.501. The lowest BCUT2D eigenvalue weighted by Gasteiger charge is -2.07. The zero-order chi connectivity index (χ0) is 13.4. The molecule has 5 heteroatoms. The highest BCUT2D eigenvalue weighted by atomic mass is 32.2. The van der Waals surface area contributed by atoms with Gasteiger partial charge in [-0.15, -0.1) is 0 Å². The molecule has 0 unspecified atom stereocenters. The molecule has 98 valence electrons. The van der Waals surface area contributed by atoms with Gasteiger partial charge < -0.3 is 4.74 Å². The lowest BCUT2D eigenvalue weighted by atomic mass is 10.2. The van der Waals surface area contributed by atoms with Crippen molar-refractivity contribution in [2.24, 2.45) is 0 Å². The number of nitriles is 1. The third-order valence-corrected chi connectivity index (χ3v) is 4.13. The van der Waals surface area contributed by atoms with Gasteiger partial charge in [-0.05, 0) is 24.6 Å². The van der Waals surface area contributed by atoms with Crippen LogP contribution in [0.25, 0.3) is 0 Å². The second-order valence-electron chi connectivity index (χ2n) is 3.99. The Bertz CT molecular complexity index is 517. The Hall–Kier alpha value is -1.54. The molecule has 0 N–H and O–H groups in total. The Labute approximate surface area is 108 Å². The van der Waals surface area contributed by atoms with Crippen LogP contribution < -0.4 is 4.74 Å². The van der Waals surface area contributed by atoms with Crippen LogP contribution in [0.4, 0.5) is 0 Å². The second kappa shape index (κ2) is 7.02. The first kappa shape index (κ1) is 14.5. The van der Waals surface area contributed by atoms with Crippen LogP contribution in [0.15, 0.2) is 24.3 Å². The van der Waals surface area contributed by atoms with Gasteiger partial charge in [0, 0.05) is 0 Å². The third kappa shape index (κ3) is 5.19. The standard InChI is InChI=1S/C13H17NO3S/c1-2-3-8-18(15,16)9-7-17-13-6-4-5-12(10-13)11-14/h4-6,10H,2-3,7-9H2,1H3. The minimum atomic E-state index is -3.02. The van der Waals surface area contributed by atoms with Gasteiger partial charge in [0.05, 0.1) is 23.1 Å². The van der Waals surface area contributed by atoms with E-state index in [0.29, 0.717) is 17.7 Å². The topological polar surface area (TPSA) is 67.2 Å². The first-order chi connectivity index (χ1) is 8.57. The van der Waals surface area contributed by atoms with Crippen LogP contribution in [-0.2, 0) is 9.84 Å². The van der Waals surface area contributed by atoms with Gasteiger partial charge in [0.2, 0.25) is 0 Å². The maximum absolute atomic E-state index is 11.6. The molecule has 0 aliphatic heterocycles. The molecule has 0 bridgehead atoms. The fraction of sp³-hybridized carbons (Fsp3) is 0.462. The van der Waals surface area contributed by atoms with Crippen molar-refractivity contribution in [1.29, 1.82) is 5.26 Å². The van der Waals surface area contributed by atoms with Gasteiger partial charge in [0.25, 0.3) is 0 Å². The van der Waals surface area contributed by atoms with E-state index in [2.05, 4.69) is 0 Å². The average molecular weight is 267 g/mol. The van der Waals surface area contributed by atoms with Crippen molar-refractivity contribution in [3.05, 3.63) is 29.8 Å². The van der Waals surface area contributed by atoms with Gasteiger partial charge in [0.15, 0.2) is 9.84 Å². The van der Waals surface area contributed by atoms with Crippen molar-refractivity contribution in [3.63, 3.8) is 0 Å². The summed E-state index contributed by atoms with van der Waals surface area (Å²) in [5.74, 6) is 0.759. The van der Waals surface area contributed by atoms with E-state index in [-0.39, 0.29) is 18.1 Å². The van der Waals surface area contributed by atoms with E-state index in [1.165, 1.54) is 0 Å². The largest absolute Gasteiger partial charge is 0.492 e. The van der Waals surface area contributed by atoms with Crippen LogP contribution in [0.5, 0.6) is 5.75 Å². The summed E-state index contributed by atoms with van der Waals surface area (Å²) in [6.07, 6.45) is 1.55. The summed E-state index contributed by atoms with van der Waals surface area (Å²) in [4.78, 5) is 0. The molecule has 4 nitrogen and oxygen atoms in total. The molecule has 0 saturated heterocycles. The number of hydrogen-bond acceptors (Lipinski definition) is 4. The molecule has 1 aromatic carbocycles. The van der Waals surface area contributed by atoms with Crippen LogP contribution in [0.2, 0.25) is 0 Å². The average Bonchev–Trinajstić information content (AvgIpc) is 2.36. The molecule has 0 spiro atoms. The number of sulfone groups is 1. The molecule has 0 amide bonds. The van der Waals surface area contributed by atoms with Crippen LogP contribution in [-0.4, -0.2) is 26.5 Å². The minimum absolute atomic E-state index is 0.0176. The smallest absolute Gasteiger partial charge is 0.153 e. The Morgan fingerprint density at radius 2 is 2.11 bits per heavy atom. The quantitative estimate of drug-likeness (QED) is 0.759. The SMILES string of the molecule is CCCCS(=O)(=O)CCOc1cccc(C#N)c1. The third-order valence-electron chi connectivity index (χ3n) is 2.44. The summed E-state index contributed by atoms with van der Waals surface area (Å²) < 4.78 is 28.5. The van der Waals surface area contributed by atoms with Gasteiger partial charge in [0.1, 0.15) is 12.4 Å². The summed E-state index contributed by atoms with van der Waals surface area (Å²) in [6.45, 7) is 2.08. The van der Waals surface area contributed by atoms with Gasteiger partial charge >= 0.3 is 0 Å². The highest BCUT2D eigenvalue weighted by Crippen LogP contribution is 2.12.